The maximum atomic E-state index is 12.7. The SMILES string of the molecule is O=C([C@H]1C[C@H]2OCC[C@H]2N(Cc2cccnc2)C1)N1CCCO1. The summed E-state index contributed by atoms with van der Waals surface area (Å²) < 4.78 is 5.90. The Morgan fingerprint density at radius 1 is 1.39 bits per heavy atom. The fraction of sp³-hybridized carbons (Fsp3) is 0.647. The van der Waals surface area contributed by atoms with Gasteiger partial charge in [0.2, 0.25) is 0 Å². The molecule has 3 atom stereocenters. The Balaban J connectivity index is 1.49. The van der Waals surface area contributed by atoms with Crippen molar-refractivity contribution in [1.82, 2.24) is 14.9 Å². The maximum Gasteiger partial charge on any atom is 0.250 e. The Labute approximate surface area is 136 Å². The summed E-state index contributed by atoms with van der Waals surface area (Å²) in [4.78, 5) is 24.7. The number of likely N-dealkylation sites (tertiary alicyclic amines) is 1. The molecule has 6 heteroatoms. The molecule has 0 aliphatic carbocycles. The van der Waals surface area contributed by atoms with Gasteiger partial charge in [-0.05, 0) is 30.9 Å². The van der Waals surface area contributed by atoms with E-state index in [4.69, 9.17) is 9.57 Å². The summed E-state index contributed by atoms with van der Waals surface area (Å²) in [5.41, 5.74) is 1.18. The summed E-state index contributed by atoms with van der Waals surface area (Å²) >= 11 is 0. The third-order valence-corrected chi connectivity index (χ3v) is 5.07. The van der Waals surface area contributed by atoms with Crippen LogP contribution >= 0.6 is 0 Å². The number of pyridine rings is 1. The van der Waals surface area contributed by atoms with E-state index in [-0.39, 0.29) is 17.9 Å². The number of ether oxygens (including phenoxy) is 1. The molecule has 0 N–H and O–H groups in total. The van der Waals surface area contributed by atoms with Crippen molar-refractivity contribution in [3.63, 3.8) is 0 Å². The number of carbonyl (C=O) groups excluding carboxylic acids is 1. The lowest BCUT2D eigenvalue weighted by atomic mass is 9.89. The lowest BCUT2D eigenvalue weighted by Gasteiger charge is -2.40. The highest BCUT2D eigenvalue weighted by Gasteiger charge is 2.43. The molecule has 4 rings (SSSR count). The first-order valence-electron chi connectivity index (χ1n) is 8.50. The van der Waals surface area contributed by atoms with E-state index in [9.17, 15) is 4.79 Å². The van der Waals surface area contributed by atoms with Crippen LogP contribution in [0.15, 0.2) is 24.5 Å². The van der Waals surface area contributed by atoms with Gasteiger partial charge in [-0.1, -0.05) is 6.07 Å². The molecule has 0 spiro atoms. The second-order valence-electron chi connectivity index (χ2n) is 6.62. The van der Waals surface area contributed by atoms with E-state index >= 15 is 0 Å². The third kappa shape index (κ3) is 3.11. The zero-order chi connectivity index (χ0) is 15.6. The number of hydrogen-bond acceptors (Lipinski definition) is 5. The molecule has 3 saturated heterocycles. The lowest BCUT2D eigenvalue weighted by molar-refractivity contribution is -0.177. The van der Waals surface area contributed by atoms with Gasteiger partial charge < -0.3 is 4.74 Å². The van der Waals surface area contributed by atoms with Crippen molar-refractivity contribution >= 4 is 5.91 Å². The first kappa shape index (κ1) is 15.1. The van der Waals surface area contributed by atoms with Crippen LogP contribution in [0.25, 0.3) is 0 Å². The fourth-order valence-electron chi connectivity index (χ4n) is 3.97. The molecule has 0 bridgehead atoms. The van der Waals surface area contributed by atoms with Gasteiger partial charge in [0.05, 0.1) is 25.2 Å². The van der Waals surface area contributed by atoms with Crippen molar-refractivity contribution in [3.8, 4) is 0 Å². The van der Waals surface area contributed by atoms with Crippen molar-refractivity contribution in [3.05, 3.63) is 30.1 Å². The Bertz CT molecular complexity index is 547. The molecule has 6 nitrogen and oxygen atoms in total. The monoisotopic (exact) mass is 317 g/mol. The van der Waals surface area contributed by atoms with E-state index in [1.165, 1.54) is 5.56 Å². The normalized spacial score (nSPS) is 31.3. The standard InChI is InChI=1S/C17H23N3O3/c21-17(20-6-2-7-23-20)14-9-16-15(4-8-22-16)19(12-14)11-13-3-1-5-18-10-13/h1,3,5,10,14-16H,2,4,6-9,11-12H2/t14-,15+,16+/m0/s1. The highest BCUT2D eigenvalue weighted by Crippen LogP contribution is 2.33. The maximum absolute atomic E-state index is 12.7. The smallest absolute Gasteiger partial charge is 0.250 e. The average molecular weight is 317 g/mol. The van der Waals surface area contributed by atoms with E-state index in [0.29, 0.717) is 19.2 Å². The van der Waals surface area contributed by atoms with Crippen LogP contribution in [0.1, 0.15) is 24.8 Å². The topological polar surface area (TPSA) is 54.9 Å². The number of nitrogens with zero attached hydrogens (tertiary/aromatic N) is 3. The highest BCUT2D eigenvalue weighted by atomic mass is 16.7. The second kappa shape index (κ2) is 6.55. The van der Waals surface area contributed by atoms with E-state index in [1.807, 2.05) is 12.3 Å². The number of hydrogen-bond donors (Lipinski definition) is 0. The van der Waals surface area contributed by atoms with Crippen molar-refractivity contribution in [1.29, 1.82) is 0 Å². The van der Waals surface area contributed by atoms with Gasteiger partial charge in [0, 0.05) is 38.1 Å². The Kier molecular flexibility index (Phi) is 4.29. The zero-order valence-corrected chi connectivity index (χ0v) is 13.3. The molecule has 1 aromatic rings. The fourth-order valence-corrected chi connectivity index (χ4v) is 3.97. The summed E-state index contributed by atoms with van der Waals surface area (Å²) in [7, 11) is 0. The minimum atomic E-state index is -0.0379. The predicted molar refractivity (Wildman–Crippen MR) is 83.2 cm³/mol. The number of aromatic nitrogens is 1. The largest absolute Gasteiger partial charge is 0.377 e. The number of rotatable bonds is 3. The third-order valence-electron chi connectivity index (χ3n) is 5.07. The molecule has 0 saturated carbocycles. The lowest BCUT2D eigenvalue weighted by Crippen LogP contribution is -2.52. The van der Waals surface area contributed by atoms with Crippen molar-refractivity contribution < 1.29 is 14.4 Å². The van der Waals surface area contributed by atoms with Gasteiger partial charge in [0.15, 0.2) is 0 Å². The summed E-state index contributed by atoms with van der Waals surface area (Å²) in [6, 6.07) is 4.47. The Hall–Kier alpha value is -1.50. The van der Waals surface area contributed by atoms with Crippen LogP contribution in [-0.2, 0) is 20.9 Å². The highest BCUT2D eigenvalue weighted by molar-refractivity contribution is 5.78. The summed E-state index contributed by atoms with van der Waals surface area (Å²) in [6.07, 6.45) is 6.65. The predicted octanol–water partition coefficient (Wildman–Crippen LogP) is 1.22. The van der Waals surface area contributed by atoms with Gasteiger partial charge in [0.1, 0.15) is 0 Å². The van der Waals surface area contributed by atoms with Crippen LogP contribution < -0.4 is 0 Å². The summed E-state index contributed by atoms with van der Waals surface area (Å²) in [5.74, 6) is 0.0803. The molecule has 124 valence electrons. The van der Waals surface area contributed by atoms with Gasteiger partial charge in [-0.2, -0.15) is 0 Å². The molecular weight excluding hydrogens is 294 g/mol. The van der Waals surface area contributed by atoms with Gasteiger partial charge in [-0.15, -0.1) is 0 Å². The van der Waals surface area contributed by atoms with Crippen LogP contribution in [0, 0.1) is 5.92 Å². The molecule has 3 aliphatic rings. The molecular formula is C17H23N3O3. The van der Waals surface area contributed by atoms with Gasteiger partial charge >= 0.3 is 0 Å². The average Bonchev–Trinajstić information content (AvgIpc) is 3.26. The Morgan fingerprint density at radius 3 is 3.13 bits per heavy atom. The van der Waals surface area contributed by atoms with E-state index < -0.39 is 0 Å². The molecule has 0 unspecified atom stereocenters. The number of hydroxylamine groups is 2. The van der Waals surface area contributed by atoms with E-state index in [0.717, 1.165) is 39.0 Å². The Morgan fingerprint density at radius 2 is 2.35 bits per heavy atom. The molecule has 0 radical (unpaired) electrons. The van der Waals surface area contributed by atoms with Crippen LogP contribution in [0.2, 0.25) is 0 Å². The van der Waals surface area contributed by atoms with Crippen molar-refractivity contribution in [2.45, 2.75) is 38.0 Å². The second-order valence-corrected chi connectivity index (χ2v) is 6.62. The van der Waals surface area contributed by atoms with Crippen LogP contribution in [0.3, 0.4) is 0 Å². The molecule has 3 fully saturated rings. The quantitative estimate of drug-likeness (QED) is 0.839. The van der Waals surface area contributed by atoms with Gasteiger partial charge in [-0.25, -0.2) is 5.06 Å². The zero-order valence-electron chi connectivity index (χ0n) is 13.3. The van der Waals surface area contributed by atoms with E-state index in [2.05, 4.69) is 16.0 Å². The van der Waals surface area contributed by atoms with Crippen molar-refractivity contribution in [2.24, 2.45) is 5.92 Å². The molecule has 4 heterocycles. The first-order chi connectivity index (χ1) is 11.3. The molecule has 3 aliphatic heterocycles. The number of amides is 1. The minimum absolute atomic E-state index is 0.0379. The minimum Gasteiger partial charge on any atom is -0.377 e. The number of piperidine rings is 1. The van der Waals surface area contributed by atoms with E-state index in [1.54, 1.807) is 11.3 Å². The molecule has 1 aromatic heterocycles. The van der Waals surface area contributed by atoms with Crippen molar-refractivity contribution in [2.75, 3.05) is 26.3 Å². The van der Waals surface area contributed by atoms with Crippen LogP contribution in [0.4, 0.5) is 0 Å². The van der Waals surface area contributed by atoms with Gasteiger partial charge in [-0.3, -0.25) is 19.5 Å². The van der Waals surface area contributed by atoms with Gasteiger partial charge in [0.25, 0.3) is 5.91 Å². The molecule has 1 amide bonds. The summed E-state index contributed by atoms with van der Waals surface area (Å²) in [5, 5.41) is 1.56. The molecule has 23 heavy (non-hydrogen) atoms. The summed E-state index contributed by atoms with van der Waals surface area (Å²) in [6.45, 7) is 3.76. The number of carbonyl (C=O) groups is 1. The first-order valence-corrected chi connectivity index (χ1v) is 8.50. The molecule has 0 aromatic carbocycles. The van der Waals surface area contributed by atoms with Crippen LogP contribution in [0.5, 0.6) is 0 Å². The van der Waals surface area contributed by atoms with Crippen LogP contribution in [-0.4, -0.2) is 59.3 Å². The number of fused-ring (bicyclic) bond motifs is 1.